The van der Waals surface area contributed by atoms with Gasteiger partial charge in [0, 0.05) is 6.20 Å². The topological polar surface area (TPSA) is 65.8 Å². The highest BCUT2D eigenvalue weighted by Crippen LogP contribution is 2.29. The molecule has 1 N–H and O–H groups in total. The smallest absolute Gasteiger partial charge is 0.240 e. The van der Waals surface area contributed by atoms with Crippen LogP contribution in [0.3, 0.4) is 0 Å². The minimum atomic E-state index is -0.891. The molecule has 0 radical (unpaired) electrons. The number of nitrogens with one attached hydrogen (secondary N) is 1. The summed E-state index contributed by atoms with van der Waals surface area (Å²) in [6.07, 6.45) is 4.54. The van der Waals surface area contributed by atoms with Crippen LogP contribution >= 0.6 is 0 Å². The number of pyridine rings is 1. The summed E-state index contributed by atoms with van der Waals surface area (Å²) in [5.74, 6) is -0.177. The molecule has 0 saturated heterocycles. The Balaban J connectivity index is 2.70. The Morgan fingerprint density at radius 3 is 2.53 bits per heavy atom. The molecule has 1 rings (SSSR count). The summed E-state index contributed by atoms with van der Waals surface area (Å²) in [7, 11) is 0. The van der Waals surface area contributed by atoms with Gasteiger partial charge in [0.1, 0.15) is 5.41 Å². The number of hydrogen-bond acceptors (Lipinski definition) is 3. The first-order chi connectivity index (χ1) is 9.18. The molecule has 0 saturated carbocycles. The summed E-state index contributed by atoms with van der Waals surface area (Å²) < 4.78 is 0. The first-order valence-corrected chi connectivity index (χ1v) is 6.78. The average Bonchev–Trinajstić information content (AvgIpc) is 2.45. The second kappa shape index (κ2) is 7.52. The van der Waals surface area contributed by atoms with Crippen molar-refractivity contribution in [3.05, 3.63) is 30.1 Å². The van der Waals surface area contributed by atoms with Crippen LogP contribution in [0.5, 0.6) is 0 Å². The van der Waals surface area contributed by atoms with Gasteiger partial charge < -0.3 is 5.32 Å². The van der Waals surface area contributed by atoms with Gasteiger partial charge >= 0.3 is 0 Å². The van der Waals surface area contributed by atoms with Gasteiger partial charge in [-0.25, -0.2) is 0 Å². The second-order valence-corrected chi connectivity index (χ2v) is 4.70. The van der Waals surface area contributed by atoms with E-state index < -0.39 is 5.41 Å². The van der Waals surface area contributed by atoms with Crippen LogP contribution in [0.15, 0.2) is 24.4 Å². The molecule has 1 aromatic rings. The maximum Gasteiger partial charge on any atom is 0.240 e. The first-order valence-electron chi connectivity index (χ1n) is 6.78. The molecule has 0 atom stereocenters. The zero-order valence-corrected chi connectivity index (χ0v) is 11.6. The fraction of sp³-hybridized carbons (Fsp3) is 0.533. The van der Waals surface area contributed by atoms with Crippen LogP contribution in [0.25, 0.3) is 0 Å². The maximum atomic E-state index is 12.3. The van der Waals surface area contributed by atoms with Gasteiger partial charge in [0.05, 0.1) is 18.3 Å². The molecular weight excluding hydrogens is 238 g/mol. The number of aromatic nitrogens is 1. The van der Waals surface area contributed by atoms with Crippen molar-refractivity contribution in [2.45, 2.75) is 46.1 Å². The molecule has 0 aliphatic carbocycles. The van der Waals surface area contributed by atoms with Crippen molar-refractivity contribution in [1.29, 1.82) is 5.26 Å². The number of amides is 1. The van der Waals surface area contributed by atoms with E-state index in [4.69, 9.17) is 0 Å². The Hall–Kier alpha value is -1.89. The van der Waals surface area contributed by atoms with Crippen LogP contribution in [0.2, 0.25) is 0 Å². The molecule has 0 bridgehead atoms. The van der Waals surface area contributed by atoms with Gasteiger partial charge in [-0.2, -0.15) is 5.26 Å². The highest BCUT2D eigenvalue weighted by atomic mass is 16.2. The maximum absolute atomic E-state index is 12.3. The number of rotatable bonds is 7. The van der Waals surface area contributed by atoms with Crippen LogP contribution in [0.1, 0.15) is 45.2 Å². The zero-order chi connectivity index (χ0) is 14.1. The summed E-state index contributed by atoms with van der Waals surface area (Å²) in [4.78, 5) is 16.4. The lowest BCUT2D eigenvalue weighted by Gasteiger charge is -2.24. The Kier molecular flexibility index (Phi) is 6.01. The van der Waals surface area contributed by atoms with Crippen molar-refractivity contribution in [2.24, 2.45) is 5.41 Å². The van der Waals surface area contributed by atoms with E-state index in [1.54, 1.807) is 6.20 Å². The molecule has 4 heteroatoms. The van der Waals surface area contributed by atoms with E-state index in [-0.39, 0.29) is 5.91 Å². The van der Waals surface area contributed by atoms with Gasteiger partial charge in [0.15, 0.2) is 0 Å². The van der Waals surface area contributed by atoms with Crippen LogP contribution in [0, 0.1) is 16.7 Å². The van der Waals surface area contributed by atoms with Gasteiger partial charge in [-0.15, -0.1) is 0 Å². The number of carbonyl (C=O) groups excluding carboxylic acids is 1. The zero-order valence-electron chi connectivity index (χ0n) is 11.6. The number of hydrogen-bond donors (Lipinski definition) is 1. The quantitative estimate of drug-likeness (QED) is 0.818. The van der Waals surface area contributed by atoms with E-state index in [1.165, 1.54) is 0 Å². The Labute approximate surface area is 114 Å². The summed E-state index contributed by atoms with van der Waals surface area (Å²) in [6.45, 7) is 4.36. The van der Waals surface area contributed by atoms with Crippen molar-refractivity contribution >= 4 is 5.91 Å². The molecule has 1 aromatic heterocycles. The van der Waals surface area contributed by atoms with E-state index in [1.807, 2.05) is 32.0 Å². The van der Waals surface area contributed by atoms with E-state index in [2.05, 4.69) is 16.4 Å². The SMILES string of the molecule is CCCC(C#N)(CCC)C(=O)NCc1ccccn1. The molecule has 1 amide bonds. The third-order valence-corrected chi connectivity index (χ3v) is 3.16. The van der Waals surface area contributed by atoms with E-state index in [9.17, 15) is 10.1 Å². The summed E-state index contributed by atoms with van der Waals surface area (Å²) in [5, 5.41) is 12.2. The molecule has 19 heavy (non-hydrogen) atoms. The first kappa shape index (κ1) is 15.2. The monoisotopic (exact) mass is 259 g/mol. The van der Waals surface area contributed by atoms with Gasteiger partial charge in [0.2, 0.25) is 5.91 Å². The lowest BCUT2D eigenvalue weighted by molar-refractivity contribution is -0.129. The molecule has 0 aromatic carbocycles. The molecule has 0 aliphatic heterocycles. The predicted octanol–water partition coefficient (Wildman–Crippen LogP) is 2.81. The second-order valence-electron chi connectivity index (χ2n) is 4.70. The number of nitriles is 1. The number of nitrogens with zero attached hydrogens (tertiary/aromatic N) is 2. The molecule has 4 nitrogen and oxygen atoms in total. The fourth-order valence-electron chi connectivity index (χ4n) is 2.21. The third-order valence-electron chi connectivity index (χ3n) is 3.16. The van der Waals surface area contributed by atoms with Crippen LogP contribution in [-0.4, -0.2) is 10.9 Å². The van der Waals surface area contributed by atoms with Gasteiger partial charge in [0.25, 0.3) is 0 Å². The van der Waals surface area contributed by atoms with Crippen molar-refractivity contribution in [3.63, 3.8) is 0 Å². The summed E-state index contributed by atoms with van der Waals surface area (Å²) in [5.41, 5.74) is -0.0890. The lowest BCUT2D eigenvalue weighted by Crippen LogP contribution is -2.39. The van der Waals surface area contributed by atoms with Crippen molar-refractivity contribution in [3.8, 4) is 6.07 Å². The molecule has 0 aliphatic rings. The van der Waals surface area contributed by atoms with E-state index in [0.717, 1.165) is 18.5 Å². The van der Waals surface area contributed by atoms with Gasteiger partial charge in [-0.3, -0.25) is 9.78 Å². The normalized spacial score (nSPS) is 10.8. The molecule has 0 spiro atoms. The van der Waals surface area contributed by atoms with Crippen molar-refractivity contribution in [1.82, 2.24) is 10.3 Å². The van der Waals surface area contributed by atoms with Crippen LogP contribution in [-0.2, 0) is 11.3 Å². The molecule has 0 fully saturated rings. The van der Waals surface area contributed by atoms with Crippen molar-refractivity contribution in [2.75, 3.05) is 0 Å². The van der Waals surface area contributed by atoms with Gasteiger partial charge in [-0.05, 0) is 25.0 Å². The Morgan fingerprint density at radius 2 is 2.05 bits per heavy atom. The Bertz CT molecular complexity index is 430. The molecule has 102 valence electrons. The van der Waals surface area contributed by atoms with Crippen LogP contribution in [0.4, 0.5) is 0 Å². The van der Waals surface area contributed by atoms with E-state index in [0.29, 0.717) is 19.4 Å². The third kappa shape index (κ3) is 4.06. The largest absolute Gasteiger partial charge is 0.349 e. The van der Waals surface area contributed by atoms with Gasteiger partial charge in [-0.1, -0.05) is 32.8 Å². The van der Waals surface area contributed by atoms with Crippen LogP contribution < -0.4 is 5.32 Å². The molecular formula is C15H21N3O. The fourth-order valence-corrected chi connectivity index (χ4v) is 2.21. The Morgan fingerprint density at radius 1 is 1.37 bits per heavy atom. The predicted molar refractivity (Wildman–Crippen MR) is 73.9 cm³/mol. The number of carbonyl (C=O) groups is 1. The highest BCUT2D eigenvalue weighted by molar-refractivity contribution is 5.85. The van der Waals surface area contributed by atoms with Crippen molar-refractivity contribution < 1.29 is 4.79 Å². The van der Waals surface area contributed by atoms with E-state index >= 15 is 0 Å². The lowest BCUT2D eigenvalue weighted by atomic mass is 9.80. The molecule has 0 unspecified atom stereocenters. The highest BCUT2D eigenvalue weighted by Gasteiger charge is 2.36. The minimum absolute atomic E-state index is 0.177. The minimum Gasteiger partial charge on any atom is -0.349 e. The summed E-state index contributed by atoms with van der Waals surface area (Å²) >= 11 is 0. The summed E-state index contributed by atoms with van der Waals surface area (Å²) in [6, 6.07) is 7.79. The standard InChI is InChI=1S/C15H21N3O/c1-3-8-15(12-16,9-4-2)14(19)18-11-13-7-5-6-10-17-13/h5-7,10H,3-4,8-9,11H2,1-2H3,(H,18,19). The molecule has 1 heterocycles. The average molecular weight is 259 g/mol.